The van der Waals surface area contributed by atoms with Gasteiger partial charge in [0.1, 0.15) is 17.5 Å². The Morgan fingerprint density at radius 3 is 2.94 bits per heavy atom. The number of aryl methyl sites for hydroxylation is 2. The van der Waals surface area contributed by atoms with Gasteiger partial charge in [-0.15, -0.1) is 0 Å². The van der Waals surface area contributed by atoms with Crippen LogP contribution in [0.5, 0.6) is 0 Å². The SMILES string of the molecule is CCCc1nn(C)c2c1NC(=O)C(COC)N2. The van der Waals surface area contributed by atoms with Gasteiger partial charge in [0.2, 0.25) is 5.91 Å². The average Bonchev–Trinajstić information content (AvgIpc) is 2.58. The largest absolute Gasteiger partial charge is 0.382 e. The summed E-state index contributed by atoms with van der Waals surface area (Å²) in [6.45, 7) is 2.44. The van der Waals surface area contributed by atoms with E-state index in [1.54, 1.807) is 11.8 Å². The molecule has 2 heterocycles. The van der Waals surface area contributed by atoms with Crippen LogP contribution in [0.1, 0.15) is 19.0 Å². The summed E-state index contributed by atoms with van der Waals surface area (Å²) in [7, 11) is 3.45. The number of fused-ring (bicyclic) bond motifs is 1. The Labute approximate surface area is 100 Å². The normalized spacial score (nSPS) is 18.5. The maximum atomic E-state index is 11.8. The lowest BCUT2D eigenvalue weighted by atomic mass is 10.1. The van der Waals surface area contributed by atoms with E-state index in [0.29, 0.717) is 6.61 Å². The molecule has 1 unspecified atom stereocenters. The first-order valence-corrected chi connectivity index (χ1v) is 5.79. The van der Waals surface area contributed by atoms with Gasteiger partial charge in [0.25, 0.3) is 0 Å². The Balaban J connectivity index is 2.29. The topological polar surface area (TPSA) is 68.2 Å². The van der Waals surface area contributed by atoms with Crippen molar-refractivity contribution in [1.82, 2.24) is 9.78 Å². The molecule has 2 rings (SSSR count). The molecule has 1 amide bonds. The molecular weight excluding hydrogens is 220 g/mol. The number of hydrogen-bond acceptors (Lipinski definition) is 4. The zero-order valence-electron chi connectivity index (χ0n) is 10.4. The average molecular weight is 238 g/mol. The lowest BCUT2D eigenvalue weighted by molar-refractivity contribution is -0.118. The number of nitrogens with zero attached hydrogens (tertiary/aromatic N) is 2. The van der Waals surface area contributed by atoms with Crippen LogP contribution in [0, 0.1) is 0 Å². The van der Waals surface area contributed by atoms with Gasteiger partial charge < -0.3 is 15.4 Å². The zero-order chi connectivity index (χ0) is 12.4. The van der Waals surface area contributed by atoms with E-state index in [1.807, 2.05) is 7.05 Å². The Kier molecular flexibility index (Phi) is 3.33. The minimum absolute atomic E-state index is 0.0651. The summed E-state index contributed by atoms with van der Waals surface area (Å²) in [4.78, 5) is 11.8. The molecule has 1 aliphatic heterocycles. The molecule has 0 saturated heterocycles. The molecule has 0 fully saturated rings. The zero-order valence-corrected chi connectivity index (χ0v) is 10.4. The van der Waals surface area contributed by atoms with Gasteiger partial charge in [-0.25, -0.2) is 0 Å². The van der Waals surface area contributed by atoms with E-state index < -0.39 is 0 Å². The highest BCUT2D eigenvalue weighted by molar-refractivity contribution is 6.03. The lowest BCUT2D eigenvalue weighted by Gasteiger charge is -2.24. The number of amides is 1. The summed E-state index contributed by atoms with van der Waals surface area (Å²) in [6, 6.07) is -0.350. The number of carbonyl (C=O) groups is 1. The van der Waals surface area contributed by atoms with Crippen LogP contribution in [0.4, 0.5) is 11.5 Å². The summed E-state index contributed by atoms with van der Waals surface area (Å²) >= 11 is 0. The Bertz CT molecular complexity index is 427. The van der Waals surface area contributed by atoms with Crippen molar-refractivity contribution in [2.45, 2.75) is 25.8 Å². The summed E-state index contributed by atoms with van der Waals surface area (Å²) in [6.07, 6.45) is 1.86. The first-order valence-electron chi connectivity index (χ1n) is 5.79. The van der Waals surface area contributed by atoms with Gasteiger partial charge in [0.15, 0.2) is 0 Å². The molecule has 2 N–H and O–H groups in total. The van der Waals surface area contributed by atoms with Crippen LogP contribution in [0.2, 0.25) is 0 Å². The fourth-order valence-electron chi connectivity index (χ4n) is 2.01. The number of ether oxygens (including phenoxy) is 1. The molecule has 6 nitrogen and oxygen atoms in total. The highest BCUT2D eigenvalue weighted by Crippen LogP contribution is 2.30. The number of hydrogen-bond donors (Lipinski definition) is 2. The maximum Gasteiger partial charge on any atom is 0.249 e. The predicted octanol–water partition coefficient (Wildman–Crippen LogP) is 0.752. The van der Waals surface area contributed by atoms with Crippen molar-refractivity contribution in [3.8, 4) is 0 Å². The minimum atomic E-state index is -0.350. The second-order valence-electron chi connectivity index (χ2n) is 4.19. The molecule has 0 saturated carbocycles. The fraction of sp³-hybridized carbons (Fsp3) is 0.636. The van der Waals surface area contributed by atoms with Gasteiger partial charge in [-0.05, 0) is 6.42 Å². The van der Waals surface area contributed by atoms with Crippen LogP contribution < -0.4 is 10.6 Å². The molecule has 17 heavy (non-hydrogen) atoms. The van der Waals surface area contributed by atoms with Gasteiger partial charge in [0.05, 0.1) is 12.3 Å². The molecule has 1 aromatic rings. The van der Waals surface area contributed by atoms with E-state index in [-0.39, 0.29) is 11.9 Å². The van der Waals surface area contributed by atoms with Crippen molar-refractivity contribution in [2.24, 2.45) is 7.05 Å². The molecule has 0 bridgehead atoms. The first-order chi connectivity index (χ1) is 8.17. The van der Waals surface area contributed by atoms with E-state index in [2.05, 4.69) is 22.7 Å². The molecule has 0 aliphatic carbocycles. The van der Waals surface area contributed by atoms with Crippen LogP contribution >= 0.6 is 0 Å². The van der Waals surface area contributed by atoms with Crippen molar-refractivity contribution in [3.63, 3.8) is 0 Å². The van der Waals surface area contributed by atoms with E-state index in [1.165, 1.54) is 0 Å². The molecule has 0 aromatic carbocycles. The van der Waals surface area contributed by atoms with Crippen molar-refractivity contribution >= 4 is 17.4 Å². The van der Waals surface area contributed by atoms with Gasteiger partial charge in [0, 0.05) is 14.2 Å². The summed E-state index contributed by atoms with van der Waals surface area (Å²) in [5, 5.41) is 10.5. The third-order valence-corrected chi connectivity index (χ3v) is 2.82. The number of methoxy groups -OCH3 is 1. The van der Waals surface area contributed by atoms with E-state index in [4.69, 9.17) is 4.74 Å². The van der Waals surface area contributed by atoms with Crippen LogP contribution in [-0.4, -0.2) is 35.4 Å². The molecule has 0 radical (unpaired) electrons. The third-order valence-electron chi connectivity index (χ3n) is 2.82. The molecule has 1 aromatic heterocycles. The molecule has 1 aliphatic rings. The highest BCUT2D eigenvalue weighted by Gasteiger charge is 2.30. The second kappa shape index (κ2) is 4.75. The van der Waals surface area contributed by atoms with Gasteiger partial charge in [-0.1, -0.05) is 13.3 Å². The van der Waals surface area contributed by atoms with Crippen molar-refractivity contribution in [1.29, 1.82) is 0 Å². The minimum Gasteiger partial charge on any atom is -0.382 e. The number of carbonyl (C=O) groups excluding carboxylic acids is 1. The number of anilines is 2. The smallest absolute Gasteiger partial charge is 0.249 e. The first kappa shape index (κ1) is 11.9. The van der Waals surface area contributed by atoms with E-state index >= 15 is 0 Å². The molecular formula is C11H18N4O2. The standard InChI is InChI=1S/C11H18N4O2/c1-4-5-7-9-10(15(2)14-7)12-8(6-17-3)11(16)13-9/h8,12H,4-6H2,1-3H3,(H,13,16). The highest BCUT2D eigenvalue weighted by atomic mass is 16.5. The van der Waals surface area contributed by atoms with Crippen LogP contribution in [0.25, 0.3) is 0 Å². The van der Waals surface area contributed by atoms with Crippen LogP contribution in [0.15, 0.2) is 0 Å². The summed E-state index contributed by atoms with van der Waals surface area (Å²) in [5.41, 5.74) is 1.74. The van der Waals surface area contributed by atoms with Crippen molar-refractivity contribution in [2.75, 3.05) is 24.4 Å². The second-order valence-corrected chi connectivity index (χ2v) is 4.19. The number of rotatable bonds is 4. The Morgan fingerprint density at radius 2 is 2.29 bits per heavy atom. The fourth-order valence-corrected chi connectivity index (χ4v) is 2.01. The summed E-state index contributed by atoms with van der Waals surface area (Å²) in [5.74, 6) is 0.791. The predicted molar refractivity (Wildman–Crippen MR) is 65.1 cm³/mol. The number of aromatic nitrogens is 2. The lowest BCUT2D eigenvalue weighted by Crippen LogP contribution is -2.42. The van der Waals surface area contributed by atoms with Gasteiger partial charge >= 0.3 is 0 Å². The molecule has 0 spiro atoms. The third kappa shape index (κ3) is 2.12. The van der Waals surface area contributed by atoms with Crippen molar-refractivity contribution < 1.29 is 9.53 Å². The number of nitrogens with one attached hydrogen (secondary N) is 2. The Hall–Kier alpha value is -1.56. The molecule has 6 heteroatoms. The summed E-state index contributed by atoms with van der Waals surface area (Å²) < 4.78 is 6.77. The van der Waals surface area contributed by atoms with Crippen LogP contribution in [-0.2, 0) is 23.0 Å². The quantitative estimate of drug-likeness (QED) is 0.812. The Morgan fingerprint density at radius 1 is 1.53 bits per heavy atom. The molecule has 1 atom stereocenters. The van der Waals surface area contributed by atoms with Crippen LogP contribution in [0.3, 0.4) is 0 Å². The van der Waals surface area contributed by atoms with E-state index in [0.717, 1.165) is 30.0 Å². The van der Waals surface area contributed by atoms with E-state index in [9.17, 15) is 4.79 Å². The van der Waals surface area contributed by atoms with Gasteiger partial charge in [-0.2, -0.15) is 5.10 Å². The van der Waals surface area contributed by atoms with Gasteiger partial charge in [-0.3, -0.25) is 9.48 Å². The monoisotopic (exact) mass is 238 g/mol. The van der Waals surface area contributed by atoms with Crippen molar-refractivity contribution in [3.05, 3.63) is 5.69 Å². The molecule has 94 valence electrons. The maximum absolute atomic E-state index is 11.8.